The van der Waals surface area contributed by atoms with Gasteiger partial charge in [-0.05, 0) is 93.4 Å². The number of anilines is 1. The van der Waals surface area contributed by atoms with E-state index in [9.17, 15) is 14.7 Å². The standard InChI is InChI=1S/C29H28ClNO5/c1-5-35-23-13-6-19(7-14-23)26-25(27(32)20-8-15-24(18(4)16-20)36-17(2)3)28(33)29(34)31(26)22-11-9-21(30)10-12-22/h6-17,26,32H,5H2,1-4H3/b27-25-. The number of aliphatic hydroxyl groups is 1. The number of rotatable bonds is 7. The number of benzene rings is 3. The van der Waals surface area contributed by atoms with Gasteiger partial charge in [0.15, 0.2) is 0 Å². The second-order valence-electron chi connectivity index (χ2n) is 8.79. The zero-order valence-corrected chi connectivity index (χ0v) is 21.4. The van der Waals surface area contributed by atoms with Gasteiger partial charge in [0.05, 0.1) is 24.3 Å². The quantitative estimate of drug-likeness (QED) is 0.226. The molecule has 4 rings (SSSR count). The molecule has 3 aromatic rings. The first kappa shape index (κ1) is 25.3. The molecule has 1 N–H and O–H groups in total. The summed E-state index contributed by atoms with van der Waals surface area (Å²) in [7, 11) is 0. The van der Waals surface area contributed by atoms with E-state index >= 15 is 0 Å². The zero-order chi connectivity index (χ0) is 26.0. The van der Waals surface area contributed by atoms with E-state index < -0.39 is 17.7 Å². The number of halogens is 1. The number of Topliss-reactive ketones (excluding diaryl/α,β-unsaturated/α-hetero) is 1. The second kappa shape index (κ2) is 10.5. The highest BCUT2D eigenvalue weighted by Gasteiger charge is 2.47. The Balaban J connectivity index is 1.86. The van der Waals surface area contributed by atoms with Gasteiger partial charge in [0, 0.05) is 16.3 Å². The van der Waals surface area contributed by atoms with Gasteiger partial charge in [0.25, 0.3) is 11.7 Å². The van der Waals surface area contributed by atoms with Crippen LogP contribution in [0.2, 0.25) is 5.02 Å². The number of nitrogens with zero attached hydrogens (tertiary/aromatic N) is 1. The summed E-state index contributed by atoms with van der Waals surface area (Å²) in [4.78, 5) is 28.0. The normalized spacial score (nSPS) is 17.1. The maximum Gasteiger partial charge on any atom is 0.300 e. The monoisotopic (exact) mass is 505 g/mol. The maximum atomic E-state index is 13.3. The molecule has 1 unspecified atom stereocenters. The molecule has 1 amide bonds. The molecule has 7 heteroatoms. The number of ether oxygens (including phenoxy) is 2. The first-order valence-corrected chi connectivity index (χ1v) is 12.2. The van der Waals surface area contributed by atoms with Crippen LogP contribution in [0.15, 0.2) is 72.3 Å². The van der Waals surface area contributed by atoms with Crippen LogP contribution < -0.4 is 14.4 Å². The Morgan fingerprint density at radius 1 is 1.03 bits per heavy atom. The molecular weight excluding hydrogens is 478 g/mol. The highest BCUT2D eigenvalue weighted by molar-refractivity contribution is 6.51. The van der Waals surface area contributed by atoms with Gasteiger partial charge in [-0.2, -0.15) is 0 Å². The van der Waals surface area contributed by atoms with E-state index in [4.69, 9.17) is 21.1 Å². The van der Waals surface area contributed by atoms with Crippen LogP contribution in [0.3, 0.4) is 0 Å². The molecule has 1 heterocycles. The summed E-state index contributed by atoms with van der Waals surface area (Å²) in [6.45, 7) is 8.14. The maximum absolute atomic E-state index is 13.3. The molecule has 0 aromatic heterocycles. The average molecular weight is 506 g/mol. The van der Waals surface area contributed by atoms with Crippen LogP contribution in [0.4, 0.5) is 5.69 Å². The third-order valence-corrected chi connectivity index (χ3v) is 6.12. The lowest BCUT2D eigenvalue weighted by Crippen LogP contribution is -2.29. The average Bonchev–Trinajstić information content (AvgIpc) is 3.11. The number of aryl methyl sites for hydroxylation is 1. The number of hydrogen-bond donors (Lipinski definition) is 1. The molecule has 0 radical (unpaired) electrons. The van der Waals surface area contributed by atoms with Crippen LogP contribution in [0.5, 0.6) is 11.5 Å². The van der Waals surface area contributed by atoms with Crippen LogP contribution in [0.1, 0.15) is 43.5 Å². The summed E-state index contributed by atoms with van der Waals surface area (Å²) < 4.78 is 11.4. The topological polar surface area (TPSA) is 76.1 Å². The molecule has 0 saturated carbocycles. The van der Waals surface area contributed by atoms with E-state index in [1.165, 1.54) is 4.90 Å². The fraction of sp³-hybridized carbons (Fsp3) is 0.241. The molecule has 1 fully saturated rings. The van der Waals surface area contributed by atoms with E-state index in [-0.39, 0.29) is 17.4 Å². The fourth-order valence-electron chi connectivity index (χ4n) is 4.27. The van der Waals surface area contributed by atoms with E-state index in [1.54, 1.807) is 66.7 Å². The molecule has 0 aliphatic carbocycles. The van der Waals surface area contributed by atoms with E-state index in [0.717, 1.165) is 5.56 Å². The Labute approximate surface area is 215 Å². The number of aliphatic hydroxyl groups excluding tert-OH is 1. The summed E-state index contributed by atoms with van der Waals surface area (Å²) in [5.74, 6) is -0.383. The summed E-state index contributed by atoms with van der Waals surface area (Å²) in [5.41, 5.74) is 2.39. The molecule has 186 valence electrons. The SMILES string of the molecule is CCOc1ccc(C2/C(=C(/O)c3ccc(OC(C)C)c(C)c3)C(=O)C(=O)N2c2ccc(Cl)cc2)cc1. The second-order valence-corrected chi connectivity index (χ2v) is 9.23. The fourth-order valence-corrected chi connectivity index (χ4v) is 4.39. The Bertz CT molecular complexity index is 1310. The largest absolute Gasteiger partial charge is 0.507 e. The summed E-state index contributed by atoms with van der Waals surface area (Å²) in [6.07, 6.45) is -0.00694. The van der Waals surface area contributed by atoms with Crippen molar-refractivity contribution in [3.63, 3.8) is 0 Å². The van der Waals surface area contributed by atoms with Crippen molar-refractivity contribution in [2.24, 2.45) is 0 Å². The molecule has 0 spiro atoms. The van der Waals surface area contributed by atoms with Gasteiger partial charge in [0.2, 0.25) is 0 Å². The third-order valence-electron chi connectivity index (χ3n) is 5.87. The van der Waals surface area contributed by atoms with E-state index in [1.807, 2.05) is 27.7 Å². The predicted molar refractivity (Wildman–Crippen MR) is 141 cm³/mol. The van der Waals surface area contributed by atoms with Crippen LogP contribution in [0, 0.1) is 6.92 Å². The number of hydrogen-bond acceptors (Lipinski definition) is 5. The minimum absolute atomic E-state index is 0.00694. The lowest BCUT2D eigenvalue weighted by atomic mass is 9.94. The lowest BCUT2D eigenvalue weighted by molar-refractivity contribution is -0.132. The highest BCUT2D eigenvalue weighted by atomic mass is 35.5. The predicted octanol–water partition coefficient (Wildman–Crippen LogP) is 6.46. The van der Waals surface area contributed by atoms with Gasteiger partial charge in [-0.1, -0.05) is 23.7 Å². The van der Waals surface area contributed by atoms with Crippen molar-refractivity contribution >= 4 is 34.7 Å². The minimum atomic E-state index is -0.839. The summed E-state index contributed by atoms with van der Waals surface area (Å²) in [5, 5.41) is 11.9. The Hall–Kier alpha value is -3.77. The van der Waals surface area contributed by atoms with Crippen LogP contribution in [0.25, 0.3) is 5.76 Å². The molecule has 6 nitrogen and oxygen atoms in total. The van der Waals surface area contributed by atoms with Crippen molar-refractivity contribution < 1.29 is 24.2 Å². The van der Waals surface area contributed by atoms with E-state index in [2.05, 4.69) is 0 Å². The number of ketones is 1. The van der Waals surface area contributed by atoms with Crippen molar-refractivity contribution in [3.8, 4) is 11.5 Å². The third kappa shape index (κ3) is 4.95. The van der Waals surface area contributed by atoms with Gasteiger partial charge in [-0.25, -0.2) is 0 Å². The molecule has 1 aliphatic rings. The van der Waals surface area contributed by atoms with Gasteiger partial charge >= 0.3 is 0 Å². The number of carbonyl (C=O) groups excluding carboxylic acids is 2. The van der Waals surface area contributed by atoms with Gasteiger partial charge in [-0.15, -0.1) is 0 Å². The molecule has 36 heavy (non-hydrogen) atoms. The summed E-state index contributed by atoms with van der Waals surface area (Å²) in [6, 6.07) is 18.2. The molecule has 1 saturated heterocycles. The first-order chi connectivity index (χ1) is 17.2. The smallest absolute Gasteiger partial charge is 0.300 e. The van der Waals surface area contributed by atoms with Gasteiger partial charge in [0.1, 0.15) is 17.3 Å². The number of amides is 1. The van der Waals surface area contributed by atoms with Crippen molar-refractivity contribution in [2.75, 3.05) is 11.5 Å². The number of carbonyl (C=O) groups is 2. The Morgan fingerprint density at radius 3 is 2.28 bits per heavy atom. The van der Waals surface area contributed by atoms with Crippen LogP contribution >= 0.6 is 11.6 Å². The summed E-state index contributed by atoms with van der Waals surface area (Å²) >= 11 is 6.06. The van der Waals surface area contributed by atoms with Gasteiger partial charge < -0.3 is 14.6 Å². The Kier molecular flexibility index (Phi) is 7.36. The minimum Gasteiger partial charge on any atom is -0.507 e. The molecule has 1 atom stereocenters. The molecule has 1 aliphatic heterocycles. The first-order valence-electron chi connectivity index (χ1n) is 11.8. The Morgan fingerprint density at radius 2 is 1.69 bits per heavy atom. The van der Waals surface area contributed by atoms with Crippen LogP contribution in [-0.2, 0) is 9.59 Å². The molecule has 0 bridgehead atoms. The zero-order valence-electron chi connectivity index (χ0n) is 20.6. The molecule has 3 aromatic carbocycles. The van der Waals surface area contributed by atoms with Gasteiger partial charge in [-0.3, -0.25) is 14.5 Å². The van der Waals surface area contributed by atoms with E-state index in [0.29, 0.717) is 39.9 Å². The van der Waals surface area contributed by atoms with Crippen molar-refractivity contribution in [2.45, 2.75) is 39.8 Å². The van der Waals surface area contributed by atoms with Crippen LogP contribution in [-0.4, -0.2) is 29.5 Å². The highest BCUT2D eigenvalue weighted by Crippen LogP contribution is 2.43. The molecular formula is C29H28ClNO5. The lowest BCUT2D eigenvalue weighted by Gasteiger charge is -2.25. The van der Waals surface area contributed by atoms with Crippen molar-refractivity contribution in [3.05, 3.63) is 94.0 Å². The van der Waals surface area contributed by atoms with Crippen molar-refractivity contribution in [1.29, 1.82) is 0 Å². The van der Waals surface area contributed by atoms with Crippen molar-refractivity contribution in [1.82, 2.24) is 0 Å².